The maximum absolute atomic E-state index is 12.8. The van der Waals surface area contributed by atoms with Crippen LogP contribution in [0.4, 0.5) is 5.69 Å². The van der Waals surface area contributed by atoms with Crippen molar-refractivity contribution in [3.63, 3.8) is 0 Å². The summed E-state index contributed by atoms with van der Waals surface area (Å²) in [6, 6.07) is 25.2. The molecule has 5 aromatic rings. The molecule has 2 aromatic heterocycles. The van der Waals surface area contributed by atoms with Gasteiger partial charge in [0.15, 0.2) is 11.0 Å². The molecule has 3 N–H and O–H groups in total. The van der Waals surface area contributed by atoms with E-state index in [1.807, 2.05) is 96.6 Å². The van der Waals surface area contributed by atoms with Gasteiger partial charge in [0.05, 0.1) is 18.0 Å². The van der Waals surface area contributed by atoms with E-state index in [4.69, 9.17) is 11.6 Å². The normalized spacial score (nSPS) is 12.2. The predicted octanol–water partition coefficient (Wildman–Crippen LogP) is 5.65. The van der Waals surface area contributed by atoms with Crippen LogP contribution in [0.2, 0.25) is 5.02 Å². The van der Waals surface area contributed by atoms with E-state index in [0.29, 0.717) is 22.5 Å². The summed E-state index contributed by atoms with van der Waals surface area (Å²) in [5.74, 6) is 0.484. The lowest BCUT2D eigenvalue weighted by atomic mass is 10.2. The lowest BCUT2D eigenvalue weighted by molar-refractivity contribution is -0.120. The molecule has 0 saturated heterocycles. The van der Waals surface area contributed by atoms with Gasteiger partial charge in [0, 0.05) is 39.1 Å². The fraction of sp³-hybridized carbons (Fsp3) is 0.111. The molecular weight excluding hydrogens is 506 g/mol. The monoisotopic (exact) mass is 529 g/mol. The molecule has 0 unspecified atom stereocenters. The number of aromatic amines is 1. The molecule has 0 aliphatic heterocycles. The topological polar surface area (TPSA) is 100.0 Å². The number of benzene rings is 3. The second-order valence-corrected chi connectivity index (χ2v) is 9.96. The zero-order chi connectivity index (χ0) is 25.6. The summed E-state index contributed by atoms with van der Waals surface area (Å²) in [6.07, 6.45) is 3.50. The Morgan fingerprint density at radius 1 is 1.08 bits per heavy atom. The highest BCUT2D eigenvalue weighted by atomic mass is 35.5. The summed E-state index contributed by atoms with van der Waals surface area (Å²) in [6.45, 7) is 2.26. The van der Waals surface area contributed by atoms with Crippen molar-refractivity contribution in [3.05, 3.63) is 101 Å². The standard InChI is InChI=1S/C27H24ClN7OS/c1-18(26(36)33-31-16-19-15-30-24-10-6-5-9-23(19)24)37-27-34-32-25(35(27)22-7-3-2-4-8-22)17-29-21-13-11-20(28)12-14-21/h2-16,18,29-30H,17H2,1H3,(H,33,36)/b31-16-/t18-/m1/s1. The molecule has 1 amide bonds. The number of nitrogens with zero attached hydrogens (tertiary/aromatic N) is 4. The summed E-state index contributed by atoms with van der Waals surface area (Å²) < 4.78 is 1.95. The van der Waals surface area contributed by atoms with E-state index < -0.39 is 5.25 Å². The van der Waals surface area contributed by atoms with Crippen molar-refractivity contribution < 1.29 is 4.79 Å². The minimum absolute atomic E-state index is 0.232. The number of carbonyl (C=O) groups excluding carboxylic acids is 1. The van der Waals surface area contributed by atoms with Gasteiger partial charge in [-0.2, -0.15) is 5.10 Å². The molecule has 2 heterocycles. The Hall–Kier alpha value is -4.08. The molecule has 10 heteroatoms. The maximum Gasteiger partial charge on any atom is 0.253 e. The Balaban J connectivity index is 1.29. The van der Waals surface area contributed by atoms with Crippen LogP contribution in [0.15, 0.2) is 95.3 Å². The minimum Gasteiger partial charge on any atom is -0.378 e. The van der Waals surface area contributed by atoms with E-state index in [9.17, 15) is 4.79 Å². The first kappa shape index (κ1) is 24.6. The van der Waals surface area contributed by atoms with Crippen molar-refractivity contribution >= 4 is 52.1 Å². The van der Waals surface area contributed by atoms with Gasteiger partial charge in [0.1, 0.15) is 0 Å². The number of H-pyrrole nitrogens is 1. The number of para-hydroxylation sites is 2. The first-order chi connectivity index (χ1) is 18.1. The number of hydrogen-bond donors (Lipinski definition) is 3. The molecule has 3 aromatic carbocycles. The number of aromatic nitrogens is 4. The van der Waals surface area contributed by atoms with Gasteiger partial charge < -0.3 is 10.3 Å². The number of hydrogen-bond acceptors (Lipinski definition) is 6. The summed E-state index contributed by atoms with van der Waals surface area (Å²) >= 11 is 7.31. The molecule has 0 bridgehead atoms. The highest BCUT2D eigenvalue weighted by molar-refractivity contribution is 8.00. The van der Waals surface area contributed by atoms with E-state index in [0.717, 1.165) is 27.8 Å². The van der Waals surface area contributed by atoms with Gasteiger partial charge in [-0.1, -0.05) is 59.8 Å². The number of hydrazone groups is 1. The summed E-state index contributed by atoms with van der Waals surface area (Å²) in [4.78, 5) is 16.0. The zero-order valence-electron chi connectivity index (χ0n) is 19.9. The van der Waals surface area contributed by atoms with Crippen molar-refractivity contribution in [2.24, 2.45) is 5.10 Å². The van der Waals surface area contributed by atoms with Crippen LogP contribution in [0.3, 0.4) is 0 Å². The van der Waals surface area contributed by atoms with Gasteiger partial charge in [-0.05, 0) is 49.4 Å². The third kappa shape index (κ3) is 5.84. The quantitative estimate of drug-likeness (QED) is 0.130. The first-order valence-electron chi connectivity index (χ1n) is 11.6. The fourth-order valence-electron chi connectivity index (χ4n) is 3.75. The number of anilines is 1. The lowest BCUT2D eigenvalue weighted by Gasteiger charge is -2.13. The number of nitrogens with one attached hydrogen (secondary N) is 3. The van der Waals surface area contributed by atoms with Gasteiger partial charge in [-0.3, -0.25) is 9.36 Å². The second-order valence-electron chi connectivity index (χ2n) is 8.21. The third-order valence-electron chi connectivity index (χ3n) is 5.66. The molecule has 37 heavy (non-hydrogen) atoms. The average molecular weight is 530 g/mol. The average Bonchev–Trinajstić information content (AvgIpc) is 3.52. The van der Waals surface area contributed by atoms with Gasteiger partial charge in [-0.15, -0.1) is 10.2 Å². The van der Waals surface area contributed by atoms with E-state index in [1.165, 1.54) is 11.8 Å². The van der Waals surface area contributed by atoms with Crippen LogP contribution in [0.1, 0.15) is 18.3 Å². The Labute approximate surface area is 223 Å². The van der Waals surface area contributed by atoms with Crippen LogP contribution in [0, 0.1) is 0 Å². The molecule has 0 spiro atoms. The number of fused-ring (bicyclic) bond motifs is 1. The largest absolute Gasteiger partial charge is 0.378 e. The zero-order valence-corrected chi connectivity index (χ0v) is 21.5. The van der Waals surface area contributed by atoms with Crippen LogP contribution in [-0.2, 0) is 11.3 Å². The molecule has 0 aliphatic rings. The molecule has 8 nitrogen and oxygen atoms in total. The fourth-order valence-corrected chi connectivity index (χ4v) is 4.75. The third-order valence-corrected chi connectivity index (χ3v) is 6.96. The number of thioether (sulfide) groups is 1. The van der Waals surface area contributed by atoms with Crippen LogP contribution < -0.4 is 10.7 Å². The molecule has 0 radical (unpaired) electrons. The van der Waals surface area contributed by atoms with Crippen molar-refractivity contribution in [2.45, 2.75) is 23.9 Å². The van der Waals surface area contributed by atoms with Gasteiger partial charge in [0.2, 0.25) is 0 Å². The van der Waals surface area contributed by atoms with Crippen LogP contribution in [0.5, 0.6) is 0 Å². The molecular formula is C27H24ClN7OS. The van der Waals surface area contributed by atoms with E-state index >= 15 is 0 Å². The van der Waals surface area contributed by atoms with E-state index in [-0.39, 0.29) is 5.91 Å². The summed E-state index contributed by atoms with van der Waals surface area (Å²) in [5.41, 5.74) is 6.38. The minimum atomic E-state index is -0.455. The summed E-state index contributed by atoms with van der Waals surface area (Å²) in [5, 5.41) is 18.2. The second kappa shape index (κ2) is 11.3. The smallest absolute Gasteiger partial charge is 0.253 e. The lowest BCUT2D eigenvalue weighted by Crippen LogP contribution is -2.27. The number of halogens is 1. The van der Waals surface area contributed by atoms with Crippen molar-refractivity contribution in [3.8, 4) is 5.69 Å². The van der Waals surface area contributed by atoms with Crippen LogP contribution in [-0.4, -0.2) is 37.1 Å². The molecule has 0 fully saturated rings. The molecule has 1 atom stereocenters. The molecule has 5 rings (SSSR count). The number of amides is 1. The van der Waals surface area contributed by atoms with Crippen molar-refractivity contribution in [2.75, 3.05) is 5.32 Å². The van der Waals surface area contributed by atoms with Gasteiger partial charge in [0.25, 0.3) is 5.91 Å². The Morgan fingerprint density at radius 3 is 2.65 bits per heavy atom. The first-order valence-corrected chi connectivity index (χ1v) is 12.9. The van der Waals surface area contributed by atoms with E-state index in [1.54, 1.807) is 6.21 Å². The highest BCUT2D eigenvalue weighted by Gasteiger charge is 2.21. The summed E-state index contributed by atoms with van der Waals surface area (Å²) in [7, 11) is 0. The predicted molar refractivity (Wildman–Crippen MR) is 149 cm³/mol. The van der Waals surface area contributed by atoms with Crippen molar-refractivity contribution in [1.29, 1.82) is 0 Å². The van der Waals surface area contributed by atoms with Gasteiger partial charge >= 0.3 is 0 Å². The molecule has 0 aliphatic carbocycles. The van der Waals surface area contributed by atoms with Crippen molar-refractivity contribution in [1.82, 2.24) is 25.2 Å². The van der Waals surface area contributed by atoms with Crippen LogP contribution in [0.25, 0.3) is 16.6 Å². The Kier molecular flexibility index (Phi) is 7.53. The molecule has 186 valence electrons. The Morgan fingerprint density at radius 2 is 1.84 bits per heavy atom. The van der Waals surface area contributed by atoms with Crippen LogP contribution >= 0.6 is 23.4 Å². The Bertz CT molecular complexity index is 1530. The SMILES string of the molecule is C[C@@H](Sc1nnc(CNc2ccc(Cl)cc2)n1-c1ccccc1)C(=O)N/N=C\c1c[nH]c2ccccc12. The maximum atomic E-state index is 12.8. The molecule has 0 saturated carbocycles. The van der Waals surface area contributed by atoms with Gasteiger partial charge in [-0.25, -0.2) is 5.43 Å². The number of rotatable bonds is 9. The van der Waals surface area contributed by atoms with E-state index in [2.05, 4.69) is 31.0 Å². The highest BCUT2D eigenvalue weighted by Crippen LogP contribution is 2.26. The number of carbonyl (C=O) groups is 1.